The molecular formula is C17H27N3. The van der Waals surface area contributed by atoms with Crippen LogP contribution in [0.1, 0.15) is 31.4 Å². The number of hydrogen-bond donors (Lipinski definition) is 1. The maximum atomic E-state index is 3.55. The summed E-state index contributed by atoms with van der Waals surface area (Å²) in [5.74, 6) is 0. The van der Waals surface area contributed by atoms with Gasteiger partial charge in [0, 0.05) is 38.3 Å². The first kappa shape index (κ1) is 14.1. The lowest BCUT2D eigenvalue weighted by Crippen LogP contribution is -2.52. The Morgan fingerprint density at radius 1 is 1.20 bits per heavy atom. The normalized spacial score (nSPS) is 25.6. The van der Waals surface area contributed by atoms with Crippen molar-refractivity contribution in [2.75, 3.05) is 39.3 Å². The first-order chi connectivity index (χ1) is 9.88. The van der Waals surface area contributed by atoms with Crippen LogP contribution < -0.4 is 5.32 Å². The maximum Gasteiger partial charge on any atom is 0.0473 e. The average molecular weight is 273 g/mol. The van der Waals surface area contributed by atoms with E-state index in [4.69, 9.17) is 0 Å². The summed E-state index contributed by atoms with van der Waals surface area (Å²) in [4.78, 5) is 5.39. The van der Waals surface area contributed by atoms with E-state index >= 15 is 0 Å². The molecule has 1 aromatic carbocycles. The SMILES string of the molecule is CCNCC(c1ccccc1)N1CCN2CCCC2C1. The van der Waals surface area contributed by atoms with Crippen LogP contribution in [-0.2, 0) is 0 Å². The highest BCUT2D eigenvalue weighted by Crippen LogP contribution is 2.27. The molecule has 0 radical (unpaired) electrons. The number of benzene rings is 1. The number of likely N-dealkylation sites (N-methyl/N-ethyl adjacent to an activating group) is 1. The van der Waals surface area contributed by atoms with Gasteiger partial charge in [-0.15, -0.1) is 0 Å². The lowest BCUT2D eigenvalue weighted by molar-refractivity contribution is 0.0709. The van der Waals surface area contributed by atoms with Gasteiger partial charge in [-0.2, -0.15) is 0 Å². The summed E-state index contributed by atoms with van der Waals surface area (Å²) in [6, 6.07) is 12.3. The van der Waals surface area contributed by atoms with Crippen molar-refractivity contribution in [3.63, 3.8) is 0 Å². The molecule has 2 unspecified atom stereocenters. The molecule has 0 spiro atoms. The van der Waals surface area contributed by atoms with E-state index in [1.165, 1.54) is 44.6 Å². The third-order valence-corrected chi connectivity index (χ3v) is 4.83. The topological polar surface area (TPSA) is 18.5 Å². The van der Waals surface area contributed by atoms with Gasteiger partial charge in [-0.1, -0.05) is 37.3 Å². The molecule has 3 rings (SSSR count). The van der Waals surface area contributed by atoms with Gasteiger partial charge in [0.25, 0.3) is 0 Å². The van der Waals surface area contributed by atoms with Crippen LogP contribution in [0.3, 0.4) is 0 Å². The zero-order chi connectivity index (χ0) is 13.8. The molecule has 2 aliphatic heterocycles. The van der Waals surface area contributed by atoms with Gasteiger partial charge in [-0.3, -0.25) is 9.80 Å². The molecule has 0 bridgehead atoms. The zero-order valence-corrected chi connectivity index (χ0v) is 12.6. The van der Waals surface area contributed by atoms with E-state index in [1.54, 1.807) is 0 Å². The number of nitrogens with one attached hydrogen (secondary N) is 1. The molecular weight excluding hydrogens is 246 g/mol. The molecule has 2 saturated heterocycles. The van der Waals surface area contributed by atoms with E-state index in [1.807, 2.05) is 0 Å². The summed E-state index contributed by atoms with van der Waals surface area (Å²) in [5.41, 5.74) is 1.46. The van der Waals surface area contributed by atoms with Gasteiger partial charge in [0.1, 0.15) is 0 Å². The first-order valence-electron chi connectivity index (χ1n) is 8.12. The Kier molecular flexibility index (Phi) is 4.71. The molecule has 2 heterocycles. The van der Waals surface area contributed by atoms with Crippen LogP contribution in [-0.4, -0.2) is 55.1 Å². The summed E-state index contributed by atoms with van der Waals surface area (Å²) in [6.07, 6.45) is 2.78. The van der Waals surface area contributed by atoms with Crippen molar-refractivity contribution in [2.45, 2.75) is 31.8 Å². The predicted molar refractivity (Wildman–Crippen MR) is 83.9 cm³/mol. The fourth-order valence-electron chi connectivity index (χ4n) is 3.71. The van der Waals surface area contributed by atoms with Gasteiger partial charge in [0.2, 0.25) is 0 Å². The molecule has 1 aromatic rings. The van der Waals surface area contributed by atoms with Gasteiger partial charge < -0.3 is 5.32 Å². The van der Waals surface area contributed by atoms with Crippen LogP contribution in [0, 0.1) is 0 Å². The van der Waals surface area contributed by atoms with Crippen molar-refractivity contribution >= 4 is 0 Å². The Labute approximate surface area is 123 Å². The molecule has 0 amide bonds. The smallest absolute Gasteiger partial charge is 0.0473 e. The zero-order valence-electron chi connectivity index (χ0n) is 12.6. The second-order valence-corrected chi connectivity index (χ2v) is 6.06. The van der Waals surface area contributed by atoms with Crippen molar-refractivity contribution in [1.29, 1.82) is 0 Å². The summed E-state index contributed by atoms with van der Waals surface area (Å²) >= 11 is 0. The van der Waals surface area contributed by atoms with E-state index < -0.39 is 0 Å². The predicted octanol–water partition coefficient (Wildman–Crippen LogP) is 2.12. The van der Waals surface area contributed by atoms with Crippen LogP contribution in [0.15, 0.2) is 30.3 Å². The average Bonchev–Trinajstić information content (AvgIpc) is 2.96. The Hall–Kier alpha value is -0.900. The van der Waals surface area contributed by atoms with Crippen molar-refractivity contribution in [3.05, 3.63) is 35.9 Å². The highest BCUT2D eigenvalue weighted by molar-refractivity contribution is 5.20. The molecule has 2 fully saturated rings. The molecule has 3 heteroatoms. The van der Waals surface area contributed by atoms with Crippen molar-refractivity contribution < 1.29 is 0 Å². The van der Waals surface area contributed by atoms with E-state index in [2.05, 4.69) is 52.4 Å². The standard InChI is InChI=1S/C17H27N3/c1-2-18-13-17(15-7-4-3-5-8-15)20-12-11-19-10-6-9-16(19)14-20/h3-5,7-8,16-18H,2,6,9-14H2,1H3. The van der Waals surface area contributed by atoms with E-state index in [0.29, 0.717) is 6.04 Å². The van der Waals surface area contributed by atoms with Gasteiger partial charge in [0.15, 0.2) is 0 Å². The molecule has 110 valence electrons. The van der Waals surface area contributed by atoms with Gasteiger partial charge in [-0.05, 0) is 31.5 Å². The number of rotatable bonds is 5. The minimum Gasteiger partial charge on any atom is -0.315 e. The second kappa shape index (κ2) is 6.70. The number of nitrogens with zero attached hydrogens (tertiary/aromatic N) is 2. The lowest BCUT2D eigenvalue weighted by Gasteiger charge is -2.42. The van der Waals surface area contributed by atoms with Gasteiger partial charge >= 0.3 is 0 Å². The maximum absolute atomic E-state index is 3.55. The molecule has 3 nitrogen and oxygen atoms in total. The van der Waals surface area contributed by atoms with Crippen LogP contribution in [0.4, 0.5) is 0 Å². The summed E-state index contributed by atoms with van der Waals surface area (Å²) < 4.78 is 0. The van der Waals surface area contributed by atoms with Crippen LogP contribution in [0.25, 0.3) is 0 Å². The van der Waals surface area contributed by atoms with Crippen LogP contribution in [0.5, 0.6) is 0 Å². The third kappa shape index (κ3) is 3.05. The van der Waals surface area contributed by atoms with E-state index in [0.717, 1.165) is 19.1 Å². The summed E-state index contributed by atoms with van der Waals surface area (Å²) in [7, 11) is 0. The summed E-state index contributed by atoms with van der Waals surface area (Å²) in [5, 5.41) is 3.55. The molecule has 20 heavy (non-hydrogen) atoms. The van der Waals surface area contributed by atoms with Crippen molar-refractivity contribution in [1.82, 2.24) is 15.1 Å². The third-order valence-electron chi connectivity index (χ3n) is 4.83. The summed E-state index contributed by atoms with van der Waals surface area (Å²) in [6.45, 7) is 9.32. The molecule has 0 aromatic heterocycles. The second-order valence-electron chi connectivity index (χ2n) is 6.06. The largest absolute Gasteiger partial charge is 0.315 e. The fourth-order valence-corrected chi connectivity index (χ4v) is 3.71. The van der Waals surface area contributed by atoms with Crippen LogP contribution in [0.2, 0.25) is 0 Å². The molecule has 0 saturated carbocycles. The minimum atomic E-state index is 0.527. The van der Waals surface area contributed by atoms with Crippen molar-refractivity contribution in [2.24, 2.45) is 0 Å². The minimum absolute atomic E-state index is 0.527. The Morgan fingerprint density at radius 3 is 2.85 bits per heavy atom. The van der Waals surface area contributed by atoms with Gasteiger partial charge in [0.05, 0.1) is 0 Å². The quantitative estimate of drug-likeness (QED) is 0.886. The highest BCUT2D eigenvalue weighted by atomic mass is 15.3. The fraction of sp³-hybridized carbons (Fsp3) is 0.647. The number of hydrogen-bond acceptors (Lipinski definition) is 3. The Bertz CT molecular complexity index is 406. The molecule has 2 aliphatic rings. The number of fused-ring (bicyclic) bond motifs is 1. The number of piperazine rings is 1. The molecule has 1 N–H and O–H groups in total. The van der Waals surface area contributed by atoms with E-state index in [-0.39, 0.29) is 0 Å². The van der Waals surface area contributed by atoms with Gasteiger partial charge in [-0.25, -0.2) is 0 Å². The molecule has 2 atom stereocenters. The molecule has 0 aliphatic carbocycles. The lowest BCUT2D eigenvalue weighted by atomic mass is 10.0. The van der Waals surface area contributed by atoms with Crippen LogP contribution >= 0.6 is 0 Å². The Morgan fingerprint density at radius 2 is 2.05 bits per heavy atom. The monoisotopic (exact) mass is 273 g/mol. The highest BCUT2D eigenvalue weighted by Gasteiger charge is 2.33. The van der Waals surface area contributed by atoms with E-state index in [9.17, 15) is 0 Å². The Balaban J connectivity index is 1.72. The first-order valence-corrected chi connectivity index (χ1v) is 8.12. The van der Waals surface area contributed by atoms with Crippen molar-refractivity contribution in [3.8, 4) is 0 Å².